The molecule has 0 saturated heterocycles. The molecule has 3 nitrogen and oxygen atoms in total. The summed E-state index contributed by atoms with van der Waals surface area (Å²) in [6.45, 7) is 11.3. The van der Waals surface area contributed by atoms with Crippen LogP contribution < -0.4 is 0 Å². The van der Waals surface area contributed by atoms with E-state index in [1.54, 1.807) is 0 Å². The molecule has 18 heavy (non-hydrogen) atoms. The second-order valence-corrected chi connectivity index (χ2v) is 6.35. The quantitative estimate of drug-likeness (QED) is 0.624. The van der Waals surface area contributed by atoms with Crippen molar-refractivity contribution in [3.63, 3.8) is 0 Å². The highest BCUT2D eigenvalue weighted by atomic mass is 16.5. The highest BCUT2D eigenvalue weighted by molar-refractivity contribution is 4.86. The fraction of sp³-hybridized carbons (Fsp3) is 1.00. The fourth-order valence-electron chi connectivity index (χ4n) is 2.29. The largest absolute Gasteiger partial charge is 0.378 e. The molecule has 0 radical (unpaired) electrons. The van der Waals surface area contributed by atoms with Gasteiger partial charge in [0, 0.05) is 19.3 Å². The Labute approximate surface area is 113 Å². The molecule has 0 heterocycles. The minimum absolute atomic E-state index is 0.00455. The molecule has 1 aliphatic rings. The topological polar surface area (TPSA) is 21.7 Å². The third-order valence-electron chi connectivity index (χ3n) is 3.54. The van der Waals surface area contributed by atoms with Crippen LogP contribution in [-0.4, -0.2) is 49.5 Å². The molecule has 0 aliphatic heterocycles. The molecule has 0 aromatic rings. The van der Waals surface area contributed by atoms with Crippen LogP contribution in [0.15, 0.2) is 0 Å². The van der Waals surface area contributed by atoms with E-state index in [-0.39, 0.29) is 5.60 Å². The molecule has 0 amide bonds. The van der Waals surface area contributed by atoms with E-state index in [0.717, 1.165) is 25.7 Å². The summed E-state index contributed by atoms with van der Waals surface area (Å²) in [4.78, 5) is 2.48. The second kappa shape index (κ2) is 7.46. The van der Waals surface area contributed by atoms with Gasteiger partial charge in [0.2, 0.25) is 0 Å². The zero-order chi connectivity index (χ0) is 13.6. The number of rotatable bonds is 8. The Kier molecular flexibility index (Phi) is 6.61. The molecule has 0 aromatic heterocycles. The van der Waals surface area contributed by atoms with Gasteiger partial charge in [-0.25, -0.2) is 0 Å². The van der Waals surface area contributed by atoms with Gasteiger partial charge in [0.1, 0.15) is 0 Å². The lowest BCUT2D eigenvalue weighted by molar-refractivity contribution is -0.0416. The molecule has 0 aromatic carbocycles. The second-order valence-electron chi connectivity index (χ2n) is 6.35. The average molecular weight is 257 g/mol. The van der Waals surface area contributed by atoms with E-state index < -0.39 is 0 Å². The summed E-state index contributed by atoms with van der Waals surface area (Å²) < 4.78 is 11.3. The summed E-state index contributed by atoms with van der Waals surface area (Å²) in [5.74, 6) is 0. The van der Waals surface area contributed by atoms with Crippen LogP contribution in [0.1, 0.15) is 53.4 Å². The van der Waals surface area contributed by atoms with Gasteiger partial charge in [-0.05, 0) is 67.0 Å². The maximum absolute atomic E-state index is 5.72. The molecule has 3 heteroatoms. The summed E-state index contributed by atoms with van der Waals surface area (Å²) >= 11 is 0. The SMILES string of the molecule is CCOC1CC(N(C)CCCCOC(C)(C)C)C1. The van der Waals surface area contributed by atoms with Crippen LogP contribution in [0, 0.1) is 0 Å². The van der Waals surface area contributed by atoms with E-state index in [2.05, 4.69) is 39.6 Å². The highest BCUT2D eigenvalue weighted by Crippen LogP contribution is 2.27. The highest BCUT2D eigenvalue weighted by Gasteiger charge is 2.31. The molecule has 1 aliphatic carbocycles. The van der Waals surface area contributed by atoms with Crippen molar-refractivity contribution in [3.8, 4) is 0 Å². The van der Waals surface area contributed by atoms with Crippen LogP contribution in [0.25, 0.3) is 0 Å². The minimum atomic E-state index is 0.00455. The lowest BCUT2D eigenvalue weighted by Gasteiger charge is -2.40. The summed E-state index contributed by atoms with van der Waals surface area (Å²) in [5.41, 5.74) is 0.00455. The van der Waals surface area contributed by atoms with Gasteiger partial charge in [0.15, 0.2) is 0 Å². The Balaban J connectivity index is 1.97. The third kappa shape index (κ3) is 6.17. The van der Waals surface area contributed by atoms with E-state index >= 15 is 0 Å². The molecule has 1 fully saturated rings. The van der Waals surface area contributed by atoms with E-state index in [4.69, 9.17) is 9.47 Å². The first kappa shape index (κ1) is 15.9. The first-order valence-electron chi connectivity index (χ1n) is 7.38. The summed E-state index contributed by atoms with van der Waals surface area (Å²) in [7, 11) is 2.23. The Morgan fingerprint density at radius 1 is 1.17 bits per heavy atom. The fourth-order valence-corrected chi connectivity index (χ4v) is 2.29. The lowest BCUT2D eigenvalue weighted by Crippen LogP contribution is -2.46. The predicted molar refractivity (Wildman–Crippen MR) is 76.0 cm³/mol. The van der Waals surface area contributed by atoms with E-state index in [1.807, 2.05) is 0 Å². The van der Waals surface area contributed by atoms with Crippen LogP contribution in [0.3, 0.4) is 0 Å². The van der Waals surface area contributed by atoms with Gasteiger partial charge in [-0.1, -0.05) is 0 Å². The molecule has 0 bridgehead atoms. The summed E-state index contributed by atoms with van der Waals surface area (Å²) in [6.07, 6.45) is 5.32. The van der Waals surface area contributed by atoms with Crippen LogP contribution in [0.4, 0.5) is 0 Å². The molecule has 1 rings (SSSR count). The van der Waals surface area contributed by atoms with Gasteiger partial charge in [0.05, 0.1) is 11.7 Å². The van der Waals surface area contributed by atoms with Gasteiger partial charge < -0.3 is 14.4 Å². The van der Waals surface area contributed by atoms with Crippen LogP contribution in [0.2, 0.25) is 0 Å². The van der Waals surface area contributed by atoms with E-state index in [1.165, 1.54) is 25.8 Å². The normalized spacial score (nSPS) is 24.3. The van der Waals surface area contributed by atoms with Crippen LogP contribution in [0.5, 0.6) is 0 Å². The monoisotopic (exact) mass is 257 g/mol. The van der Waals surface area contributed by atoms with E-state index in [9.17, 15) is 0 Å². The van der Waals surface area contributed by atoms with Crippen molar-refractivity contribution in [1.82, 2.24) is 4.90 Å². The molecular formula is C15H31NO2. The Morgan fingerprint density at radius 2 is 1.83 bits per heavy atom. The number of hydrogen-bond donors (Lipinski definition) is 0. The predicted octanol–water partition coefficient (Wildman–Crippen LogP) is 3.08. The smallest absolute Gasteiger partial charge is 0.0604 e. The first-order chi connectivity index (χ1) is 8.42. The minimum Gasteiger partial charge on any atom is -0.378 e. The van der Waals surface area contributed by atoms with Gasteiger partial charge in [0.25, 0.3) is 0 Å². The number of ether oxygens (including phenoxy) is 2. The van der Waals surface area contributed by atoms with Crippen molar-refractivity contribution in [1.29, 1.82) is 0 Å². The van der Waals surface area contributed by atoms with Crippen molar-refractivity contribution in [2.24, 2.45) is 0 Å². The molecule has 0 unspecified atom stereocenters. The third-order valence-corrected chi connectivity index (χ3v) is 3.54. The van der Waals surface area contributed by atoms with Crippen molar-refractivity contribution in [2.45, 2.75) is 71.1 Å². The maximum Gasteiger partial charge on any atom is 0.0604 e. The summed E-state index contributed by atoms with van der Waals surface area (Å²) in [5, 5.41) is 0. The van der Waals surface area contributed by atoms with Crippen molar-refractivity contribution in [2.75, 3.05) is 26.8 Å². The van der Waals surface area contributed by atoms with Crippen LogP contribution >= 0.6 is 0 Å². The number of hydrogen-bond acceptors (Lipinski definition) is 3. The Hall–Kier alpha value is -0.120. The zero-order valence-corrected chi connectivity index (χ0v) is 12.9. The number of nitrogens with zero attached hydrogens (tertiary/aromatic N) is 1. The van der Waals surface area contributed by atoms with Gasteiger partial charge >= 0.3 is 0 Å². The summed E-state index contributed by atoms with van der Waals surface area (Å²) in [6, 6.07) is 0.741. The molecule has 0 atom stereocenters. The first-order valence-corrected chi connectivity index (χ1v) is 7.38. The van der Waals surface area contributed by atoms with Crippen LogP contribution in [-0.2, 0) is 9.47 Å². The molecule has 1 saturated carbocycles. The van der Waals surface area contributed by atoms with Gasteiger partial charge in [-0.3, -0.25) is 0 Å². The lowest BCUT2D eigenvalue weighted by atomic mass is 9.88. The Bertz CT molecular complexity index is 219. The van der Waals surface area contributed by atoms with E-state index in [0.29, 0.717) is 6.10 Å². The molecular weight excluding hydrogens is 226 g/mol. The number of unbranched alkanes of at least 4 members (excludes halogenated alkanes) is 1. The van der Waals surface area contributed by atoms with Crippen molar-refractivity contribution >= 4 is 0 Å². The molecule has 0 spiro atoms. The van der Waals surface area contributed by atoms with Gasteiger partial charge in [-0.2, -0.15) is 0 Å². The van der Waals surface area contributed by atoms with Crippen molar-refractivity contribution < 1.29 is 9.47 Å². The van der Waals surface area contributed by atoms with Crippen molar-refractivity contribution in [3.05, 3.63) is 0 Å². The zero-order valence-electron chi connectivity index (χ0n) is 12.9. The molecule has 0 N–H and O–H groups in total. The average Bonchev–Trinajstić information content (AvgIpc) is 2.20. The molecule has 108 valence electrons. The van der Waals surface area contributed by atoms with Gasteiger partial charge in [-0.15, -0.1) is 0 Å². The Morgan fingerprint density at radius 3 is 2.39 bits per heavy atom. The maximum atomic E-state index is 5.72. The standard InChI is InChI=1S/C15H31NO2/c1-6-17-14-11-13(12-14)16(5)9-7-8-10-18-15(2,3)4/h13-14H,6-12H2,1-5H3.